The van der Waals surface area contributed by atoms with E-state index in [1.54, 1.807) is 20.8 Å². The van der Waals surface area contributed by atoms with Crippen LogP contribution in [0, 0.1) is 34.0 Å². The highest BCUT2D eigenvalue weighted by Crippen LogP contribution is 2.59. The number of anilines is 3. The van der Waals surface area contributed by atoms with Gasteiger partial charge in [-0.15, -0.1) is 0 Å². The number of nitrogens with zero attached hydrogens (tertiary/aromatic N) is 21. The number of benzene rings is 6. The molecule has 12 heterocycles. The number of nitriles is 3. The third-order valence-electron chi connectivity index (χ3n) is 30.1. The Morgan fingerprint density at radius 1 is 0.481 bits per heavy atom. The summed E-state index contributed by atoms with van der Waals surface area (Å²) in [5, 5.41) is 45.2. The van der Waals surface area contributed by atoms with E-state index in [4.69, 9.17) is 39.1 Å². The number of aromatic hydroxyl groups is 1. The number of carbonyl (C=O) groups is 4. The van der Waals surface area contributed by atoms with Crippen LogP contribution in [0.4, 0.5) is 26.2 Å². The number of piperazine rings is 3. The van der Waals surface area contributed by atoms with Crippen molar-refractivity contribution in [3.05, 3.63) is 208 Å². The highest BCUT2D eigenvalue weighted by atomic mass is 19.3. The van der Waals surface area contributed by atoms with Gasteiger partial charge in [-0.1, -0.05) is 132 Å². The zero-order chi connectivity index (χ0) is 92.6. The second-order valence-electron chi connectivity index (χ2n) is 38.1. The Bertz CT molecular complexity index is 6260. The first-order valence-corrected chi connectivity index (χ1v) is 46.8. The molecule has 31 heteroatoms. The van der Waals surface area contributed by atoms with Crippen molar-refractivity contribution in [2.24, 2.45) is 0 Å². The fraction of sp³-hybridized carbons (Fsp3) is 0.461. The minimum absolute atomic E-state index is 0.0287. The van der Waals surface area contributed by atoms with Gasteiger partial charge in [-0.3, -0.25) is 43.7 Å². The van der Waals surface area contributed by atoms with E-state index in [1.807, 2.05) is 4.90 Å². The molecule has 3 aliphatic carbocycles. The first kappa shape index (κ1) is 89.4. The average molecular weight is 1800 g/mol. The van der Waals surface area contributed by atoms with Crippen molar-refractivity contribution in [1.29, 1.82) is 15.8 Å². The quantitative estimate of drug-likeness (QED) is 0.0653. The van der Waals surface area contributed by atoms with Gasteiger partial charge in [-0.2, -0.15) is 54.5 Å². The van der Waals surface area contributed by atoms with Crippen molar-refractivity contribution >= 4 is 73.4 Å². The summed E-state index contributed by atoms with van der Waals surface area (Å²) in [4.78, 5) is 106. The minimum atomic E-state index is -3.44. The van der Waals surface area contributed by atoms with Gasteiger partial charge >= 0.3 is 18.0 Å². The van der Waals surface area contributed by atoms with Gasteiger partial charge in [-0.25, -0.2) is 0 Å². The lowest BCUT2D eigenvalue weighted by atomic mass is 9.81. The predicted octanol–water partition coefficient (Wildman–Crippen LogP) is 13.7. The van der Waals surface area contributed by atoms with Crippen LogP contribution in [-0.4, -0.2) is 238 Å². The summed E-state index contributed by atoms with van der Waals surface area (Å²) in [6.07, 6.45) is 11.2. The summed E-state index contributed by atoms with van der Waals surface area (Å²) in [5.41, 5.74) is 10.0. The SMILES string of the molecule is C=CC(=O)N1CCN(c2nc(OCN3CCCC3C)nc3c2CN(C2c4cc(O)cc5cccc(c45)C2(F)F)C3=O)C[C@@H]1CC#N.C=CC(=O)N1CCN(c2nc(OCN3CCCC3C)nc3c2CN(C2c4cccc5cccc(c45)C2(C)C)C3)C[C@@H]1CC#N.C=CC(=O)N1CCN(c2nc(OCN3CCCC3C)nc3c2CN(C2c4cccc5cccc(c45)C2C)C3)C[C@@H]1CC#N. The van der Waals surface area contributed by atoms with Crippen LogP contribution in [-0.2, 0) is 58.4 Å². The Labute approximate surface area is 773 Å². The van der Waals surface area contributed by atoms with Crippen molar-refractivity contribution in [2.75, 3.05) is 113 Å². The summed E-state index contributed by atoms with van der Waals surface area (Å²) < 4.78 is 51.2. The molecule has 0 radical (unpaired) electrons. The molecule has 12 aliphatic rings. The van der Waals surface area contributed by atoms with E-state index in [-0.39, 0.29) is 122 Å². The number of ether oxygens (including phenoxy) is 3. The molecule has 0 bridgehead atoms. The molecule has 688 valence electrons. The van der Waals surface area contributed by atoms with Crippen LogP contribution in [0.3, 0.4) is 0 Å². The van der Waals surface area contributed by atoms with Crippen molar-refractivity contribution in [2.45, 2.75) is 204 Å². The number of aromatic nitrogens is 6. The number of hydrogen-bond donors (Lipinski definition) is 1. The molecule has 4 amide bonds. The number of fused-ring (bicyclic) bond motifs is 3. The van der Waals surface area contributed by atoms with E-state index in [1.165, 1.54) is 112 Å². The number of halogens is 2. The highest BCUT2D eigenvalue weighted by Gasteiger charge is 2.57. The third-order valence-corrected chi connectivity index (χ3v) is 30.1. The summed E-state index contributed by atoms with van der Waals surface area (Å²) in [7, 11) is 0. The zero-order valence-corrected chi connectivity index (χ0v) is 76.4. The topological polar surface area (TPSA) is 304 Å². The molecule has 6 saturated heterocycles. The normalized spacial score (nSPS) is 24.4. The van der Waals surface area contributed by atoms with Gasteiger partial charge in [0.2, 0.25) is 17.7 Å². The second kappa shape index (κ2) is 36.6. The van der Waals surface area contributed by atoms with Crippen LogP contribution in [0.2, 0.25) is 0 Å². The van der Waals surface area contributed by atoms with Crippen LogP contribution in [0.25, 0.3) is 32.3 Å². The molecule has 21 rings (SSSR count). The molecule has 29 nitrogen and oxygen atoms in total. The van der Waals surface area contributed by atoms with Gasteiger partial charge < -0.3 is 53.6 Å². The Morgan fingerprint density at radius 2 is 0.902 bits per heavy atom. The van der Waals surface area contributed by atoms with E-state index >= 15 is 8.78 Å². The number of hydrogen-bond acceptors (Lipinski definition) is 25. The van der Waals surface area contributed by atoms with Crippen molar-refractivity contribution in [3.8, 4) is 42.0 Å². The molecule has 1 N–H and O–H groups in total. The molecule has 6 aromatic carbocycles. The van der Waals surface area contributed by atoms with Crippen LogP contribution in [0.5, 0.6) is 23.8 Å². The molecule has 0 spiro atoms. The van der Waals surface area contributed by atoms with Crippen LogP contribution < -0.4 is 28.9 Å². The number of phenols is 1. The molecule has 133 heavy (non-hydrogen) atoms. The zero-order valence-electron chi connectivity index (χ0n) is 76.4. The molecule has 3 aromatic heterocycles. The summed E-state index contributed by atoms with van der Waals surface area (Å²) >= 11 is 0. The van der Waals surface area contributed by atoms with Gasteiger partial charge in [0.25, 0.3) is 11.8 Å². The Hall–Kier alpha value is -12.8. The lowest BCUT2D eigenvalue weighted by Gasteiger charge is -2.41. The molecule has 0 saturated carbocycles. The molecule has 7 unspecified atom stereocenters. The van der Waals surface area contributed by atoms with Gasteiger partial charge in [0, 0.05) is 169 Å². The minimum Gasteiger partial charge on any atom is -0.508 e. The van der Waals surface area contributed by atoms with E-state index < -0.39 is 23.9 Å². The number of alkyl halides is 2. The second-order valence-corrected chi connectivity index (χ2v) is 38.1. The van der Waals surface area contributed by atoms with Crippen molar-refractivity contribution in [1.82, 2.24) is 74.0 Å². The number of likely N-dealkylation sites (tertiary alicyclic amines) is 3. The average Bonchev–Trinajstić information content (AvgIpc) is 1.55. The summed E-state index contributed by atoms with van der Waals surface area (Å²) in [5.74, 6) is -2.44. The van der Waals surface area contributed by atoms with Crippen LogP contribution in [0.1, 0.15) is 195 Å². The first-order valence-electron chi connectivity index (χ1n) is 46.8. The molecule has 9 aliphatic heterocycles. The summed E-state index contributed by atoms with van der Waals surface area (Å²) in [6.45, 7) is 35.4. The van der Waals surface area contributed by atoms with E-state index in [0.29, 0.717) is 124 Å². The van der Waals surface area contributed by atoms with Crippen LogP contribution in [0.15, 0.2) is 141 Å². The van der Waals surface area contributed by atoms with Crippen molar-refractivity contribution in [3.63, 3.8) is 0 Å². The van der Waals surface area contributed by atoms with Gasteiger partial charge in [0.15, 0.2) is 0 Å². The number of rotatable bonds is 21. The molecular formula is C102H113F2N21O8. The standard InChI is InChI=1S/C35H41N7O2.C34H39N7O2.C33H33F2N7O4/c1-5-30(43)42-18-17-39(19-25(42)14-15-36)33-27-20-41(21-29(27)37-34(38-33)44-22-40-16-8-9-23(40)2)32-26-12-6-10-24-11-7-13-28(31(24)26)35(32,3)4;1-4-30(42)41-17-16-38(18-25(41)13-14-35)33-28-19-40(20-29(28)36-34(37-33)43-21-39-15-7-8-22(39)2)32-23(3)26-11-5-9-24-10-6-12-27(32)31(24)26;1-3-26(44)41-13-12-39(16-21(41)9-10-36)30-24-17-42(31(45)28(24)37-32(38-30)46-18-40-11-5-6-19(40)2)29-23-15-22(43)14-20-7-4-8-25(27(20)23)33(29,34)35/h5-7,10-13,23,25,32H,1,8-9,14,16-22H2,2-4H3;4-6,9-12,22-23,25,32H,1,7-8,13,15-21H2,2-3H3;3-4,7-8,14-15,19,21,29,43H,1,5-6,9,11-13,16-18H2,2H3/t23?,25-,32?;22?,23?,25-,32?;19?,21-,29?/m000/s1. The van der Waals surface area contributed by atoms with Gasteiger partial charge in [-0.05, 0) is 150 Å². The van der Waals surface area contributed by atoms with E-state index in [2.05, 4.69) is 192 Å². The maximum absolute atomic E-state index is 16.3. The Kier molecular flexibility index (Phi) is 24.6. The monoisotopic (exact) mass is 1800 g/mol. The number of carbonyl (C=O) groups excluding carboxylic acids is 4. The maximum Gasteiger partial charge on any atom is 0.320 e. The van der Waals surface area contributed by atoms with E-state index in [9.17, 15) is 40.1 Å². The van der Waals surface area contributed by atoms with Gasteiger partial charge in [0.05, 0.1) is 73.5 Å². The fourth-order valence-electron chi connectivity index (χ4n) is 23.3. The molecule has 9 aromatic rings. The highest BCUT2D eigenvalue weighted by molar-refractivity contribution is 6.01. The smallest absolute Gasteiger partial charge is 0.320 e. The summed E-state index contributed by atoms with van der Waals surface area (Å²) in [6, 6.07) is 40.4. The predicted molar refractivity (Wildman–Crippen MR) is 499 cm³/mol. The first-order chi connectivity index (χ1) is 64.4. The fourth-order valence-corrected chi connectivity index (χ4v) is 23.3. The Balaban J connectivity index is 0.000000129. The molecular weight excluding hydrogens is 1690 g/mol. The lowest BCUT2D eigenvalue weighted by Crippen LogP contribution is -2.55. The number of phenolic OH excluding ortho intramolecular Hbond substituents is 1. The van der Waals surface area contributed by atoms with E-state index in [0.717, 1.165) is 91.2 Å². The van der Waals surface area contributed by atoms with Crippen molar-refractivity contribution < 1.29 is 47.3 Å². The largest absolute Gasteiger partial charge is 0.508 e. The van der Waals surface area contributed by atoms with Gasteiger partial charge in [0.1, 0.15) is 55.1 Å². The molecule has 6 fully saturated rings. The Morgan fingerprint density at radius 3 is 1.38 bits per heavy atom. The van der Waals surface area contributed by atoms with Crippen LogP contribution >= 0.6 is 0 Å². The molecule has 10 atom stereocenters. The number of amides is 4. The third kappa shape index (κ3) is 16.4. The lowest BCUT2D eigenvalue weighted by molar-refractivity contribution is -0.129. The maximum atomic E-state index is 16.3.